The highest BCUT2D eigenvalue weighted by Gasteiger charge is 2.13. The predicted molar refractivity (Wildman–Crippen MR) is 81.1 cm³/mol. The number of benzene rings is 2. The molecule has 0 aliphatic heterocycles. The number of nitro groups is 1. The third-order valence-corrected chi connectivity index (χ3v) is 3.50. The summed E-state index contributed by atoms with van der Waals surface area (Å²) in [4.78, 5) is 10.7. The average molecular weight is 290 g/mol. The van der Waals surface area contributed by atoms with Gasteiger partial charge in [-0.15, -0.1) is 0 Å². The zero-order valence-corrected chi connectivity index (χ0v) is 11.6. The molecule has 0 fully saturated rings. The minimum absolute atomic E-state index is 0.114. The van der Waals surface area contributed by atoms with Crippen molar-refractivity contribution in [1.82, 2.24) is 0 Å². The Kier molecular flexibility index (Phi) is 3.50. The van der Waals surface area contributed by atoms with E-state index in [-0.39, 0.29) is 10.6 Å². The molecule has 22 heavy (non-hydrogen) atoms. The first-order valence-corrected chi connectivity index (χ1v) is 6.72. The highest BCUT2D eigenvalue weighted by Crippen LogP contribution is 2.23. The first-order chi connectivity index (χ1) is 10.7. The summed E-state index contributed by atoms with van der Waals surface area (Å²) in [7, 11) is 0. The molecule has 1 heterocycles. The second-order valence-corrected chi connectivity index (χ2v) is 4.96. The van der Waals surface area contributed by atoms with Crippen LogP contribution in [0.3, 0.4) is 0 Å². The molecule has 5 nitrogen and oxygen atoms in total. The van der Waals surface area contributed by atoms with E-state index in [0.29, 0.717) is 17.5 Å². The van der Waals surface area contributed by atoms with Gasteiger partial charge in [-0.3, -0.25) is 10.1 Å². The zero-order valence-electron chi connectivity index (χ0n) is 11.6. The quantitative estimate of drug-likeness (QED) is 0.423. The topological polar surface area (TPSA) is 70.8 Å². The van der Waals surface area contributed by atoms with E-state index in [1.165, 1.54) is 6.07 Å². The molecule has 0 aliphatic rings. The van der Waals surface area contributed by atoms with Crippen LogP contribution in [0, 0.1) is 21.4 Å². The van der Waals surface area contributed by atoms with Crippen molar-refractivity contribution in [2.45, 2.75) is 6.54 Å². The van der Waals surface area contributed by atoms with Gasteiger partial charge < -0.3 is 0 Å². The molecule has 0 amide bonds. The van der Waals surface area contributed by atoms with Crippen molar-refractivity contribution in [3.8, 4) is 6.07 Å². The number of hydrogen-bond acceptors (Lipinski definition) is 3. The van der Waals surface area contributed by atoms with E-state index in [2.05, 4.69) is 6.07 Å². The fraction of sp³-hybridized carbons (Fsp3) is 0.0588. The van der Waals surface area contributed by atoms with Crippen molar-refractivity contribution in [1.29, 1.82) is 5.26 Å². The Balaban J connectivity index is 1.95. The van der Waals surface area contributed by atoms with E-state index in [0.717, 1.165) is 10.9 Å². The minimum Gasteiger partial charge on any atom is -0.258 e. The fourth-order valence-electron chi connectivity index (χ4n) is 2.41. The van der Waals surface area contributed by atoms with Crippen LogP contribution in [-0.2, 0) is 6.54 Å². The van der Waals surface area contributed by atoms with Crippen LogP contribution < -0.4 is 4.57 Å². The number of aromatic nitrogens is 1. The molecule has 3 aromatic rings. The third-order valence-electron chi connectivity index (χ3n) is 3.50. The number of nitriles is 1. The lowest BCUT2D eigenvalue weighted by Crippen LogP contribution is -2.33. The van der Waals surface area contributed by atoms with Crippen molar-refractivity contribution in [2.75, 3.05) is 0 Å². The first-order valence-electron chi connectivity index (χ1n) is 6.72. The Labute approximate surface area is 126 Å². The summed E-state index contributed by atoms with van der Waals surface area (Å²) < 4.78 is 1.97. The maximum absolute atomic E-state index is 11.0. The Bertz CT molecular complexity index is 896. The summed E-state index contributed by atoms with van der Waals surface area (Å²) in [6.07, 6.45) is 3.72. The summed E-state index contributed by atoms with van der Waals surface area (Å²) in [6, 6.07) is 16.3. The predicted octanol–water partition coefficient (Wildman–Crippen LogP) is 2.96. The standard InChI is InChI=1S/C17H12N3O2/c18-10-13-4-6-14(7-5-13)11-19-9-8-16-15(12-19)2-1-3-17(16)20(21)22/h1-9,12H,11H2/q+1. The third kappa shape index (κ3) is 2.63. The molecule has 106 valence electrons. The van der Waals surface area contributed by atoms with E-state index in [1.807, 2.05) is 35.2 Å². The molecular weight excluding hydrogens is 278 g/mol. The molecule has 5 heteroatoms. The lowest BCUT2D eigenvalue weighted by molar-refractivity contribution is -0.687. The largest absolute Gasteiger partial charge is 0.277 e. The van der Waals surface area contributed by atoms with Crippen molar-refractivity contribution < 1.29 is 9.49 Å². The van der Waals surface area contributed by atoms with E-state index in [4.69, 9.17) is 5.26 Å². The zero-order chi connectivity index (χ0) is 15.5. The lowest BCUT2D eigenvalue weighted by atomic mass is 10.1. The maximum Gasteiger partial charge on any atom is 0.277 e. The summed E-state index contributed by atoms with van der Waals surface area (Å²) in [5.41, 5.74) is 1.81. The Morgan fingerprint density at radius 1 is 1.14 bits per heavy atom. The molecule has 0 atom stereocenters. The maximum atomic E-state index is 11.0. The smallest absolute Gasteiger partial charge is 0.258 e. The normalized spacial score (nSPS) is 10.3. The minimum atomic E-state index is -0.368. The summed E-state index contributed by atoms with van der Waals surface area (Å²) in [5.74, 6) is 0. The molecule has 0 bridgehead atoms. The molecular formula is C17H12N3O2+. The molecule has 0 unspecified atom stereocenters. The van der Waals surface area contributed by atoms with Gasteiger partial charge in [0.1, 0.15) is 0 Å². The number of nitrogens with zero attached hydrogens (tertiary/aromatic N) is 3. The van der Waals surface area contributed by atoms with Gasteiger partial charge in [0, 0.05) is 17.7 Å². The number of hydrogen-bond donors (Lipinski definition) is 0. The van der Waals surface area contributed by atoms with Crippen molar-refractivity contribution >= 4 is 16.5 Å². The molecule has 0 N–H and O–H groups in total. The van der Waals surface area contributed by atoms with E-state index < -0.39 is 0 Å². The highest BCUT2D eigenvalue weighted by molar-refractivity contribution is 5.89. The van der Waals surface area contributed by atoms with E-state index in [1.54, 1.807) is 24.3 Å². The van der Waals surface area contributed by atoms with Crippen LogP contribution in [0.15, 0.2) is 60.9 Å². The van der Waals surface area contributed by atoms with Gasteiger partial charge in [-0.05, 0) is 18.2 Å². The fourth-order valence-corrected chi connectivity index (χ4v) is 2.41. The second-order valence-electron chi connectivity index (χ2n) is 4.96. The summed E-state index contributed by atoms with van der Waals surface area (Å²) in [5, 5.41) is 21.3. The van der Waals surface area contributed by atoms with Crippen LogP contribution in [0.5, 0.6) is 0 Å². The van der Waals surface area contributed by atoms with E-state index >= 15 is 0 Å². The van der Waals surface area contributed by atoms with Crippen LogP contribution in [0.4, 0.5) is 5.69 Å². The summed E-state index contributed by atoms with van der Waals surface area (Å²) in [6.45, 7) is 0.643. The van der Waals surface area contributed by atoms with Crippen molar-refractivity contribution in [3.05, 3.63) is 82.2 Å². The van der Waals surface area contributed by atoms with Gasteiger partial charge in [-0.1, -0.05) is 18.2 Å². The van der Waals surface area contributed by atoms with E-state index in [9.17, 15) is 10.1 Å². The second kappa shape index (κ2) is 5.62. The number of fused-ring (bicyclic) bond motifs is 1. The average Bonchev–Trinajstić information content (AvgIpc) is 2.54. The Morgan fingerprint density at radius 3 is 2.59 bits per heavy atom. The number of pyridine rings is 1. The van der Waals surface area contributed by atoms with Gasteiger partial charge >= 0.3 is 0 Å². The SMILES string of the molecule is N#Cc1ccc(C[n+]2ccc3c([N+](=O)[O-])cccc3c2)cc1. The Hall–Kier alpha value is -3.26. The summed E-state index contributed by atoms with van der Waals surface area (Å²) >= 11 is 0. The van der Waals surface area contributed by atoms with Crippen LogP contribution in [0.1, 0.15) is 11.1 Å². The lowest BCUT2D eigenvalue weighted by Gasteiger charge is -2.01. The Morgan fingerprint density at radius 2 is 1.91 bits per heavy atom. The van der Waals surface area contributed by atoms with Crippen LogP contribution in [0.25, 0.3) is 10.8 Å². The van der Waals surface area contributed by atoms with Crippen LogP contribution in [0.2, 0.25) is 0 Å². The van der Waals surface area contributed by atoms with Crippen LogP contribution in [-0.4, -0.2) is 4.92 Å². The monoisotopic (exact) mass is 290 g/mol. The van der Waals surface area contributed by atoms with Gasteiger partial charge in [-0.2, -0.15) is 5.26 Å². The molecule has 0 saturated heterocycles. The highest BCUT2D eigenvalue weighted by atomic mass is 16.6. The number of rotatable bonds is 3. The van der Waals surface area contributed by atoms with Gasteiger partial charge in [0.15, 0.2) is 18.9 Å². The molecule has 2 aromatic carbocycles. The molecule has 1 aromatic heterocycles. The van der Waals surface area contributed by atoms with Gasteiger partial charge in [-0.25, -0.2) is 4.57 Å². The van der Waals surface area contributed by atoms with Gasteiger partial charge in [0.05, 0.1) is 27.3 Å². The van der Waals surface area contributed by atoms with Crippen LogP contribution >= 0.6 is 0 Å². The molecule has 0 aliphatic carbocycles. The van der Waals surface area contributed by atoms with Gasteiger partial charge in [0.25, 0.3) is 5.69 Å². The molecule has 0 radical (unpaired) electrons. The van der Waals surface area contributed by atoms with Crippen molar-refractivity contribution in [2.24, 2.45) is 0 Å². The number of non-ortho nitro benzene ring substituents is 1. The first kappa shape index (κ1) is 13.7. The van der Waals surface area contributed by atoms with Crippen molar-refractivity contribution in [3.63, 3.8) is 0 Å². The number of nitro benzene ring substituents is 1. The molecule has 3 rings (SSSR count). The molecule has 0 spiro atoms. The molecule has 0 saturated carbocycles. The van der Waals surface area contributed by atoms with Gasteiger partial charge in [0.2, 0.25) is 0 Å².